The lowest BCUT2D eigenvalue weighted by atomic mass is 10.1. The van der Waals surface area contributed by atoms with E-state index in [0.717, 1.165) is 31.7 Å². The Kier molecular flexibility index (Phi) is 3.79. The Morgan fingerprint density at radius 2 is 2.38 bits per heavy atom. The van der Waals surface area contributed by atoms with Gasteiger partial charge in [-0.1, -0.05) is 17.7 Å². The van der Waals surface area contributed by atoms with E-state index in [1.165, 1.54) is 12.1 Å². The molecule has 2 rings (SSSR count). The van der Waals surface area contributed by atoms with Crippen molar-refractivity contribution >= 4 is 11.6 Å². The molecule has 1 heterocycles. The number of nitrogens with zero attached hydrogens (tertiary/aromatic N) is 1. The third-order valence-electron chi connectivity index (χ3n) is 2.86. The summed E-state index contributed by atoms with van der Waals surface area (Å²) in [5, 5.41) is 3.91. The topological polar surface area (TPSA) is 15.3 Å². The molecule has 88 valence electrons. The smallest absolute Gasteiger partial charge is 0.124 e. The molecule has 16 heavy (non-hydrogen) atoms. The van der Waals surface area contributed by atoms with E-state index in [1.54, 1.807) is 6.07 Å². The summed E-state index contributed by atoms with van der Waals surface area (Å²) < 4.78 is 12.9. The summed E-state index contributed by atoms with van der Waals surface area (Å²) in [5.41, 5.74) is 0.997. The number of rotatable bonds is 2. The molecule has 0 aromatic heterocycles. The molecule has 1 aliphatic heterocycles. The first-order valence-electron chi connectivity index (χ1n) is 5.55. The zero-order chi connectivity index (χ0) is 11.5. The van der Waals surface area contributed by atoms with Crippen LogP contribution in [0.15, 0.2) is 18.2 Å². The normalized spacial score (nSPS) is 22.3. The van der Waals surface area contributed by atoms with Gasteiger partial charge in [0.05, 0.1) is 0 Å². The van der Waals surface area contributed by atoms with Crippen LogP contribution in [0.3, 0.4) is 0 Å². The quantitative estimate of drug-likeness (QED) is 0.856. The van der Waals surface area contributed by atoms with Crippen LogP contribution in [0.2, 0.25) is 5.02 Å². The largest absolute Gasteiger partial charge is 0.312 e. The summed E-state index contributed by atoms with van der Waals surface area (Å²) in [5.74, 6) is -0.276. The molecule has 0 radical (unpaired) electrons. The highest BCUT2D eigenvalue weighted by atomic mass is 35.5. The molecular weight excluding hydrogens is 227 g/mol. The van der Waals surface area contributed by atoms with Crippen LogP contribution >= 0.6 is 11.6 Å². The van der Waals surface area contributed by atoms with Gasteiger partial charge in [0.25, 0.3) is 0 Å². The molecule has 1 aromatic carbocycles. The van der Waals surface area contributed by atoms with E-state index < -0.39 is 0 Å². The second-order valence-corrected chi connectivity index (χ2v) is 4.73. The summed E-state index contributed by atoms with van der Waals surface area (Å²) >= 11 is 6.00. The van der Waals surface area contributed by atoms with E-state index in [-0.39, 0.29) is 5.82 Å². The number of piperazine rings is 1. The number of hydrogen-bond acceptors (Lipinski definition) is 2. The number of nitrogens with one attached hydrogen (secondary N) is 1. The summed E-state index contributed by atoms with van der Waals surface area (Å²) in [7, 11) is 0. The Hall–Kier alpha value is -0.640. The van der Waals surface area contributed by atoms with Crippen LogP contribution in [-0.4, -0.2) is 30.6 Å². The number of benzene rings is 1. The van der Waals surface area contributed by atoms with Crippen molar-refractivity contribution in [2.24, 2.45) is 0 Å². The number of halogens is 2. The summed E-state index contributed by atoms with van der Waals surface area (Å²) in [4.78, 5) is 2.33. The first-order chi connectivity index (χ1) is 7.65. The summed E-state index contributed by atoms with van der Waals surface area (Å²) in [6.45, 7) is 5.98. The van der Waals surface area contributed by atoms with Crippen molar-refractivity contribution in [3.8, 4) is 0 Å². The van der Waals surface area contributed by atoms with Gasteiger partial charge < -0.3 is 5.32 Å². The first-order valence-corrected chi connectivity index (χ1v) is 5.92. The highest BCUT2D eigenvalue weighted by Crippen LogP contribution is 2.19. The van der Waals surface area contributed by atoms with Crippen LogP contribution < -0.4 is 5.32 Å². The van der Waals surface area contributed by atoms with Gasteiger partial charge in [-0.15, -0.1) is 0 Å². The van der Waals surface area contributed by atoms with Gasteiger partial charge in [0.1, 0.15) is 5.82 Å². The van der Waals surface area contributed by atoms with E-state index in [4.69, 9.17) is 11.6 Å². The Morgan fingerprint density at radius 1 is 1.56 bits per heavy atom. The molecule has 0 bridgehead atoms. The predicted octanol–water partition coefficient (Wildman–Crippen LogP) is 2.27. The van der Waals surface area contributed by atoms with E-state index >= 15 is 0 Å². The Balaban J connectivity index is 2.02. The van der Waals surface area contributed by atoms with E-state index in [0.29, 0.717) is 11.1 Å². The molecule has 0 spiro atoms. The van der Waals surface area contributed by atoms with Crippen molar-refractivity contribution < 1.29 is 4.39 Å². The van der Waals surface area contributed by atoms with Crippen molar-refractivity contribution in [2.75, 3.05) is 19.6 Å². The van der Waals surface area contributed by atoms with E-state index in [2.05, 4.69) is 17.1 Å². The molecule has 1 aliphatic rings. The van der Waals surface area contributed by atoms with Crippen LogP contribution in [0.5, 0.6) is 0 Å². The van der Waals surface area contributed by atoms with Crippen molar-refractivity contribution in [1.82, 2.24) is 10.2 Å². The highest BCUT2D eigenvalue weighted by Gasteiger charge is 2.16. The van der Waals surface area contributed by atoms with Crippen LogP contribution in [0.25, 0.3) is 0 Å². The molecule has 1 aromatic rings. The van der Waals surface area contributed by atoms with Gasteiger partial charge in [-0.25, -0.2) is 4.39 Å². The first kappa shape index (κ1) is 11.8. The summed E-state index contributed by atoms with van der Waals surface area (Å²) in [6, 6.07) is 5.12. The Labute approximate surface area is 100 Å². The van der Waals surface area contributed by atoms with E-state index in [1.807, 2.05) is 0 Å². The third-order valence-corrected chi connectivity index (χ3v) is 3.21. The molecule has 1 atom stereocenters. The zero-order valence-electron chi connectivity index (χ0n) is 9.34. The lowest BCUT2D eigenvalue weighted by Crippen LogP contribution is -2.48. The molecule has 0 unspecified atom stereocenters. The van der Waals surface area contributed by atoms with Crippen molar-refractivity contribution in [3.05, 3.63) is 34.6 Å². The molecule has 1 N–H and O–H groups in total. The van der Waals surface area contributed by atoms with Crippen LogP contribution in [-0.2, 0) is 6.54 Å². The Bertz CT molecular complexity index is 370. The third kappa shape index (κ3) is 2.94. The monoisotopic (exact) mass is 242 g/mol. The van der Waals surface area contributed by atoms with Gasteiger partial charge in [0.2, 0.25) is 0 Å². The Morgan fingerprint density at radius 3 is 3.06 bits per heavy atom. The minimum atomic E-state index is -0.276. The van der Waals surface area contributed by atoms with Crippen LogP contribution in [0.4, 0.5) is 4.39 Å². The fraction of sp³-hybridized carbons (Fsp3) is 0.500. The van der Waals surface area contributed by atoms with Gasteiger partial charge in [0, 0.05) is 37.2 Å². The van der Waals surface area contributed by atoms with Crippen molar-refractivity contribution in [3.63, 3.8) is 0 Å². The van der Waals surface area contributed by atoms with Gasteiger partial charge >= 0.3 is 0 Å². The molecule has 0 aliphatic carbocycles. The zero-order valence-corrected chi connectivity index (χ0v) is 10.1. The molecular formula is C12H16ClFN2. The van der Waals surface area contributed by atoms with Gasteiger partial charge in [-0.05, 0) is 24.6 Å². The van der Waals surface area contributed by atoms with Crippen molar-refractivity contribution in [2.45, 2.75) is 19.5 Å². The van der Waals surface area contributed by atoms with Gasteiger partial charge in [-0.3, -0.25) is 4.90 Å². The van der Waals surface area contributed by atoms with Crippen LogP contribution in [0.1, 0.15) is 12.5 Å². The molecule has 0 saturated carbocycles. The lowest BCUT2D eigenvalue weighted by molar-refractivity contribution is 0.199. The SMILES string of the molecule is C[C@@H]1CN(Cc2ccc(F)cc2Cl)CCN1. The molecule has 1 saturated heterocycles. The maximum atomic E-state index is 12.9. The average molecular weight is 243 g/mol. The van der Waals surface area contributed by atoms with Crippen LogP contribution in [0, 0.1) is 5.82 Å². The average Bonchev–Trinajstić information content (AvgIpc) is 2.22. The van der Waals surface area contributed by atoms with Gasteiger partial charge in [0.15, 0.2) is 0 Å². The number of hydrogen-bond donors (Lipinski definition) is 1. The fourth-order valence-corrected chi connectivity index (χ4v) is 2.27. The van der Waals surface area contributed by atoms with Crippen molar-refractivity contribution in [1.29, 1.82) is 0 Å². The maximum absolute atomic E-state index is 12.9. The maximum Gasteiger partial charge on any atom is 0.124 e. The molecule has 2 nitrogen and oxygen atoms in total. The second-order valence-electron chi connectivity index (χ2n) is 4.33. The lowest BCUT2D eigenvalue weighted by Gasteiger charge is -2.32. The van der Waals surface area contributed by atoms with Gasteiger partial charge in [-0.2, -0.15) is 0 Å². The molecule has 0 amide bonds. The minimum Gasteiger partial charge on any atom is -0.312 e. The van der Waals surface area contributed by atoms with E-state index in [9.17, 15) is 4.39 Å². The second kappa shape index (κ2) is 5.13. The highest BCUT2D eigenvalue weighted by molar-refractivity contribution is 6.31. The predicted molar refractivity (Wildman–Crippen MR) is 64.2 cm³/mol. The fourth-order valence-electron chi connectivity index (χ4n) is 2.05. The standard InChI is InChI=1S/C12H16ClFN2/c1-9-7-16(5-4-15-9)8-10-2-3-11(14)6-12(10)13/h2-3,6,9,15H,4-5,7-8H2,1H3/t9-/m1/s1. The molecule has 1 fully saturated rings. The molecule has 4 heteroatoms. The summed E-state index contributed by atoms with van der Waals surface area (Å²) in [6.07, 6.45) is 0. The minimum absolute atomic E-state index is 0.276.